The SMILES string of the molecule is COc1c(C)cccc1C(=O)Nc1ccc2nn(-c3ccc(C)c(Cl)c3)nc2c1. The molecule has 7 heteroatoms. The average molecular weight is 407 g/mol. The molecule has 1 aromatic heterocycles. The molecule has 6 nitrogen and oxygen atoms in total. The van der Waals surface area contributed by atoms with Gasteiger partial charge in [-0.05, 0) is 61.4 Å². The molecule has 0 aliphatic rings. The van der Waals surface area contributed by atoms with E-state index in [0.717, 1.165) is 16.8 Å². The van der Waals surface area contributed by atoms with Gasteiger partial charge in [0, 0.05) is 10.7 Å². The van der Waals surface area contributed by atoms with E-state index < -0.39 is 0 Å². The molecule has 0 saturated heterocycles. The van der Waals surface area contributed by atoms with Gasteiger partial charge in [-0.3, -0.25) is 4.79 Å². The number of benzene rings is 3. The molecule has 1 heterocycles. The highest BCUT2D eigenvalue weighted by Gasteiger charge is 2.15. The fourth-order valence-electron chi connectivity index (χ4n) is 3.11. The van der Waals surface area contributed by atoms with E-state index in [4.69, 9.17) is 16.3 Å². The monoisotopic (exact) mass is 406 g/mol. The van der Waals surface area contributed by atoms with E-state index in [9.17, 15) is 4.79 Å². The minimum absolute atomic E-state index is 0.248. The number of halogens is 1. The van der Waals surface area contributed by atoms with Gasteiger partial charge in [-0.15, -0.1) is 10.2 Å². The summed E-state index contributed by atoms with van der Waals surface area (Å²) in [5, 5.41) is 12.6. The lowest BCUT2D eigenvalue weighted by atomic mass is 10.1. The summed E-state index contributed by atoms with van der Waals surface area (Å²) in [6.07, 6.45) is 0. The van der Waals surface area contributed by atoms with Crippen molar-refractivity contribution < 1.29 is 9.53 Å². The molecule has 0 bridgehead atoms. The van der Waals surface area contributed by atoms with Crippen LogP contribution in [0.3, 0.4) is 0 Å². The van der Waals surface area contributed by atoms with Gasteiger partial charge >= 0.3 is 0 Å². The third-order valence-corrected chi connectivity index (χ3v) is 5.09. The van der Waals surface area contributed by atoms with Crippen molar-refractivity contribution in [1.29, 1.82) is 0 Å². The van der Waals surface area contributed by atoms with Crippen LogP contribution in [-0.4, -0.2) is 28.0 Å². The fraction of sp³-hybridized carbons (Fsp3) is 0.136. The largest absolute Gasteiger partial charge is 0.496 e. The van der Waals surface area contributed by atoms with Crippen molar-refractivity contribution in [3.63, 3.8) is 0 Å². The number of nitrogens with zero attached hydrogens (tertiary/aromatic N) is 3. The lowest BCUT2D eigenvalue weighted by molar-refractivity contribution is 0.102. The summed E-state index contributed by atoms with van der Waals surface area (Å²) >= 11 is 6.21. The Balaban J connectivity index is 1.63. The molecule has 0 aliphatic carbocycles. The van der Waals surface area contributed by atoms with E-state index in [1.165, 1.54) is 4.80 Å². The first-order valence-corrected chi connectivity index (χ1v) is 9.42. The molecule has 146 valence electrons. The van der Waals surface area contributed by atoms with Gasteiger partial charge in [-0.1, -0.05) is 29.8 Å². The smallest absolute Gasteiger partial charge is 0.259 e. The van der Waals surface area contributed by atoms with Crippen LogP contribution in [0.25, 0.3) is 16.7 Å². The molecule has 29 heavy (non-hydrogen) atoms. The second kappa shape index (κ2) is 7.56. The van der Waals surface area contributed by atoms with Gasteiger partial charge < -0.3 is 10.1 Å². The second-order valence-electron chi connectivity index (χ2n) is 6.74. The Morgan fingerprint density at radius 2 is 1.79 bits per heavy atom. The molecule has 0 atom stereocenters. The van der Waals surface area contributed by atoms with E-state index >= 15 is 0 Å². The van der Waals surface area contributed by atoms with Crippen molar-refractivity contribution in [3.8, 4) is 11.4 Å². The Morgan fingerprint density at radius 1 is 1.00 bits per heavy atom. The molecule has 1 amide bonds. The molecular weight excluding hydrogens is 388 g/mol. The third-order valence-electron chi connectivity index (χ3n) is 4.69. The van der Waals surface area contributed by atoms with Crippen LogP contribution in [0, 0.1) is 13.8 Å². The Kier molecular flexibility index (Phi) is 4.94. The number of aromatic nitrogens is 3. The fourth-order valence-corrected chi connectivity index (χ4v) is 3.29. The standard InChI is InChI=1S/C22H19ClN4O2/c1-13-7-9-16(12-18(13)23)27-25-19-10-8-15(11-20(19)26-27)24-22(28)17-6-4-5-14(2)21(17)29-3/h4-12H,1-3H3,(H,24,28). The summed E-state index contributed by atoms with van der Waals surface area (Å²) in [6.45, 7) is 3.84. The predicted octanol–water partition coefficient (Wildman–Crippen LogP) is 4.95. The summed E-state index contributed by atoms with van der Waals surface area (Å²) in [5.74, 6) is 0.316. The second-order valence-corrected chi connectivity index (χ2v) is 7.14. The number of amides is 1. The Hall–Kier alpha value is -3.38. The van der Waals surface area contributed by atoms with Crippen LogP contribution in [0.15, 0.2) is 54.6 Å². The molecule has 0 spiro atoms. The van der Waals surface area contributed by atoms with Crippen LogP contribution in [0.2, 0.25) is 5.02 Å². The van der Waals surface area contributed by atoms with Gasteiger partial charge in [-0.25, -0.2) is 0 Å². The van der Waals surface area contributed by atoms with Gasteiger partial charge in [0.15, 0.2) is 0 Å². The van der Waals surface area contributed by atoms with E-state index in [2.05, 4.69) is 15.5 Å². The number of fused-ring (bicyclic) bond motifs is 1. The van der Waals surface area contributed by atoms with Gasteiger partial charge in [0.2, 0.25) is 0 Å². The summed E-state index contributed by atoms with van der Waals surface area (Å²) < 4.78 is 5.38. The maximum atomic E-state index is 12.7. The minimum Gasteiger partial charge on any atom is -0.496 e. The van der Waals surface area contributed by atoms with Crippen LogP contribution in [0.4, 0.5) is 5.69 Å². The van der Waals surface area contributed by atoms with Gasteiger partial charge in [-0.2, -0.15) is 4.80 Å². The van der Waals surface area contributed by atoms with Crippen molar-refractivity contribution in [2.45, 2.75) is 13.8 Å². The van der Waals surface area contributed by atoms with Crippen LogP contribution in [0.5, 0.6) is 5.75 Å². The Labute approximate surface area is 173 Å². The molecule has 0 unspecified atom stereocenters. The number of carbonyl (C=O) groups excluding carboxylic acids is 1. The molecule has 0 radical (unpaired) electrons. The molecule has 0 aliphatic heterocycles. The van der Waals surface area contributed by atoms with Gasteiger partial charge in [0.05, 0.1) is 18.4 Å². The predicted molar refractivity (Wildman–Crippen MR) is 114 cm³/mol. The number of hydrogen-bond donors (Lipinski definition) is 1. The molecule has 4 rings (SSSR count). The zero-order chi connectivity index (χ0) is 20.5. The van der Waals surface area contributed by atoms with Crippen LogP contribution >= 0.6 is 11.6 Å². The molecular formula is C22H19ClN4O2. The lowest BCUT2D eigenvalue weighted by Crippen LogP contribution is -2.13. The lowest BCUT2D eigenvalue weighted by Gasteiger charge is -2.11. The number of methoxy groups -OCH3 is 1. The molecule has 0 fully saturated rings. The van der Waals surface area contributed by atoms with Crippen molar-refractivity contribution in [2.24, 2.45) is 0 Å². The maximum absolute atomic E-state index is 12.7. The zero-order valence-electron chi connectivity index (χ0n) is 16.2. The van der Waals surface area contributed by atoms with E-state index in [-0.39, 0.29) is 5.91 Å². The number of carbonyl (C=O) groups is 1. The molecule has 1 N–H and O–H groups in total. The normalized spacial score (nSPS) is 10.9. The van der Waals surface area contributed by atoms with Crippen LogP contribution < -0.4 is 10.1 Å². The highest BCUT2D eigenvalue weighted by molar-refractivity contribution is 6.31. The van der Waals surface area contributed by atoms with Gasteiger partial charge in [0.25, 0.3) is 5.91 Å². The topological polar surface area (TPSA) is 69.0 Å². The molecule has 3 aromatic carbocycles. The minimum atomic E-state index is -0.248. The van der Waals surface area contributed by atoms with E-state index in [1.54, 1.807) is 25.3 Å². The average Bonchev–Trinajstić information content (AvgIpc) is 3.13. The maximum Gasteiger partial charge on any atom is 0.259 e. The number of ether oxygens (including phenoxy) is 1. The number of aryl methyl sites for hydroxylation is 2. The first-order valence-electron chi connectivity index (χ1n) is 9.05. The summed E-state index contributed by atoms with van der Waals surface area (Å²) in [4.78, 5) is 14.3. The number of rotatable bonds is 4. The summed E-state index contributed by atoms with van der Waals surface area (Å²) in [5.41, 5.74) is 5.14. The highest BCUT2D eigenvalue weighted by atomic mass is 35.5. The van der Waals surface area contributed by atoms with E-state index in [0.29, 0.717) is 33.1 Å². The van der Waals surface area contributed by atoms with E-state index in [1.807, 2.05) is 50.2 Å². The van der Waals surface area contributed by atoms with Crippen molar-refractivity contribution >= 4 is 34.2 Å². The summed E-state index contributed by atoms with van der Waals surface area (Å²) in [7, 11) is 1.56. The quantitative estimate of drug-likeness (QED) is 0.520. The first-order chi connectivity index (χ1) is 14.0. The highest BCUT2D eigenvalue weighted by Crippen LogP contribution is 2.25. The molecule has 4 aromatic rings. The Bertz CT molecular complexity index is 1230. The van der Waals surface area contributed by atoms with Crippen molar-refractivity contribution in [1.82, 2.24) is 15.0 Å². The number of anilines is 1. The van der Waals surface area contributed by atoms with Gasteiger partial charge in [0.1, 0.15) is 16.8 Å². The summed E-state index contributed by atoms with van der Waals surface area (Å²) in [6, 6.07) is 16.5. The number of nitrogens with one attached hydrogen (secondary N) is 1. The number of hydrogen-bond acceptors (Lipinski definition) is 4. The zero-order valence-corrected chi connectivity index (χ0v) is 17.0. The molecule has 0 saturated carbocycles. The van der Waals surface area contributed by atoms with Crippen LogP contribution in [0.1, 0.15) is 21.5 Å². The van der Waals surface area contributed by atoms with Crippen molar-refractivity contribution in [2.75, 3.05) is 12.4 Å². The van der Waals surface area contributed by atoms with Crippen molar-refractivity contribution in [3.05, 3.63) is 76.3 Å². The Morgan fingerprint density at radius 3 is 2.55 bits per heavy atom. The van der Waals surface area contributed by atoms with Crippen LogP contribution in [-0.2, 0) is 0 Å². The first kappa shape index (κ1) is 19.0. The number of para-hydroxylation sites is 1. The third kappa shape index (κ3) is 3.67.